The zero-order valence-electron chi connectivity index (χ0n) is 13.9. The maximum absolute atomic E-state index is 13.9. The Morgan fingerprint density at radius 2 is 1.88 bits per heavy atom. The first-order chi connectivity index (χ1) is 11.5. The van der Waals surface area contributed by atoms with Crippen molar-refractivity contribution < 1.29 is 18.3 Å². The van der Waals surface area contributed by atoms with Crippen LogP contribution in [0.3, 0.4) is 0 Å². The molecule has 0 aliphatic carbocycles. The Labute approximate surface area is 140 Å². The molecule has 0 saturated carbocycles. The van der Waals surface area contributed by atoms with Crippen LogP contribution in [0.15, 0.2) is 18.2 Å². The van der Waals surface area contributed by atoms with Crippen molar-refractivity contribution in [3.63, 3.8) is 0 Å². The van der Waals surface area contributed by atoms with Crippen molar-refractivity contribution in [2.24, 2.45) is 0 Å². The van der Waals surface area contributed by atoms with E-state index in [0.717, 1.165) is 38.8 Å². The molecule has 2 aliphatic rings. The van der Waals surface area contributed by atoms with Crippen molar-refractivity contribution in [3.8, 4) is 0 Å². The number of carbonyl (C=O) groups is 1. The molecule has 2 saturated heterocycles. The lowest BCUT2D eigenvalue weighted by molar-refractivity contribution is 0.0946. The van der Waals surface area contributed by atoms with E-state index in [0.29, 0.717) is 25.3 Å². The van der Waals surface area contributed by atoms with Gasteiger partial charge in [-0.15, -0.1) is 0 Å². The number of amides is 1. The maximum atomic E-state index is 13.9. The van der Waals surface area contributed by atoms with Crippen molar-refractivity contribution in [1.29, 1.82) is 0 Å². The van der Waals surface area contributed by atoms with E-state index < -0.39 is 11.6 Å². The maximum Gasteiger partial charge on any atom is 0.409 e. The normalized spacial score (nSPS) is 21.1. The lowest BCUT2D eigenvalue weighted by atomic mass is 10.1. The van der Waals surface area contributed by atoms with Gasteiger partial charge in [0, 0.05) is 56.9 Å². The van der Waals surface area contributed by atoms with E-state index >= 15 is 0 Å². The van der Waals surface area contributed by atoms with Gasteiger partial charge in [-0.05, 0) is 13.0 Å². The van der Waals surface area contributed by atoms with Crippen molar-refractivity contribution in [2.45, 2.75) is 13.0 Å². The molecule has 0 unspecified atom stereocenters. The number of piperazine rings is 1. The third-order valence-electron chi connectivity index (χ3n) is 4.90. The van der Waals surface area contributed by atoms with E-state index in [-0.39, 0.29) is 12.1 Å². The fourth-order valence-corrected chi connectivity index (χ4v) is 3.30. The Morgan fingerprint density at radius 1 is 1.12 bits per heavy atom. The number of hydrogen-bond donors (Lipinski definition) is 0. The summed E-state index contributed by atoms with van der Waals surface area (Å²) in [6, 6.07) is 3.69. The van der Waals surface area contributed by atoms with Gasteiger partial charge in [0.2, 0.25) is 0 Å². The predicted octanol–water partition coefficient (Wildman–Crippen LogP) is 2.10. The van der Waals surface area contributed by atoms with Crippen LogP contribution in [-0.2, 0) is 4.74 Å². The minimum atomic E-state index is -0.547. The molecule has 7 heteroatoms. The van der Waals surface area contributed by atoms with E-state index in [1.165, 1.54) is 12.1 Å². The first-order valence-corrected chi connectivity index (χ1v) is 8.37. The van der Waals surface area contributed by atoms with Crippen molar-refractivity contribution in [3.05, 3.63) is 35.4 Å². The summed E-state index contributed by atoms with van der Waals surface area (Å²) < 4.78 is 31.9. The lowest BCUT2D eigenvalue weighted by Crippen LogP contribution is -2.49. The highest BCUT2D eigenvalue weighted by atomic mass is 19.1. The molecule has 0 radical (unpaired) electrons. The molecule has 2 fully saturated rings. The molecular weight excluding hydrogens is 316 g/mol. The van der Waals surface area contributed by atoms with Gasteiger partial charge in [0.15, 0.2) is 0 Å². The van der Waals surface area contributed by atoms with E-state index in [2.05, 4.69) is 9.80 Å². The van der Waals surface area contributed by atoms with Gasteiger partial charge < -0.3 is 9.64 Å². The van der Waals surface area contributed by atoms with Gasteiger partial charge in [-0.3, -0.25) is 9.80 Å². The second-order valence-electron chi connectivity index (χ2n) is 6.32. The van der Waals surface area contributed by atoms with Crippen LogP contribution in [0.1, 0.15) is 18.5 Å². The summed E-state index contributed by atoms with van der Waals surface area (Å²) in [7, 11) is 0. The summed E-state index contributed by atoms with van der Waals surface area (Å²) in [5.41, 5.74) is 0.532. The molecule has 0 N–H and O–H groups in total. The van der Waals surface area contributed by atoms with Crippen LogP contribution in [-0.4, -0.2) is 73.2 Å². The van der Waals surface area contributed by atoms with E-state index in [9.17, 15) is 13.6 Å². The SMILES string of the molecule is C[C@@H](c1ccc(F)cc1F)N1CCN(CCN2CCOC2=O)CC1. The Kier molecular flexibility index (Phi) is 5.30. The summed E-state index contributed by atoms with van der Waals surface area (Å²) in [6.07, 6.45) is -0.228. The number of carbonyl (C=O) groups excluding carboxylic acids is 1. The van der Waals surface area contributed by atoms with Crippen molar-refractivity contribution in [1.82, 2.24) is 14.7 Å². The molecule has 1 atom stereocenters. The number of benzene rings is 1. The fourth-order valence-electron chi connectivity index (χ4n) is 3.30. The van der Waals surface area contributed by atoms with Crippen molar-refractivity contribution in [2.75, 3.05) is 52.4 Å². The smallest absolute Gasteiger partial charge is 0.409 e. The molecule has 24 heavy (non-hydrogen) atoms. The molecule has 5 nitrogen and oxygen atoms in total. The Morgan fingerprint density at radius 3 is 2.50 bits per heavy atom. The van der Waals surface area contributed by atoms with Crippen LogP contribution in [0.25, 0.3) is 0 Å². The minimum Gasteiger partial charge on any atom is -0.448 e. The second kappa shape index (κ2) is 7.44. The Hall–Kier alpha value is -1.73. The Bertz CT molecular complexity index is 591. The molecule has 0 spiro atoms. The largest absolute Gasteiger partial charge is 0.448 e. The number of hydrogen-bond acceptors (Lipinski definition) is 4. The molecule has 2 heterocycles. The summed E-state index contributed by atoms with van der Waals surface area (Å²) in [6.45, 7) is 7.99. The van der Waals surface area contributed by atoms with E-state index in [1.54, 1.807) is 4.90 Å². The van der Waals surface area contributed by atoms with Gasteiger partial charge in [0.05, 0.1) is 6.54 Å². The van der Waals surface area contributed by atoms with Crippen LogP contribution >= 0.6 is 0 Å². The average Bonchev–Trinajstić information content (AvgIpc) is 2.98. The first kappa shape index (κ1) is 17.1. The summed E-state index contributed by atoms with van der Waals surface area (Å²) in [5, 5.41) is 0. The number of halogens is 2. The zero-order valence-corrected chi connectivity index (χ0v) is 13.9. The third-order valence-corrected chi connectivity index (χ3v) is 4.90. The van der Waals surface area contributed by atoms with Crippen LogP contribution in [0.2, 0.25) is 0 Å². The van der Waals surface area contributed by atoms with Crippen molar-refractivity contribution >= 4 is 6.09 Å². The number of nitrogens with zero attached hydrogens (tertiary/aromatic N) is 3. The number of cyclic esters (lactones) is 1. The summed E-state index contributed by atoms with van der Waals surface area (Å²) in [4.78, 5) is 17.6. The zero-order chi connectivity index (χ0) is 17.1. The number of ether oxygens (including phenoxy) is 1. The average molecular weight is 339 g/mol. The van der Waals surface area contributed by atoms with Crippen LogP contribution in [0.5, 0.6) is 0 Å². The molecule has 0 bridgehead atoms. The predicted molar refractivity (Wildman–Crippen MR) is 85.7 cm³/mol. The quantitative estimate of drug-likeness (QED) is 0.823. The van der Waals surface area contributed by atoms with E-state index in [4.69, 9.17) is 4.74 Å². The monoisotopic (exact) mass is 339 g/mol. The van der Waals surface area contributed by atoms with Gasteiger partial charge in [0.25, 0.3) is 0 Å². The highest BCUT2D eigenvalue weighted by molar-refractivity contribution is 5.69. The molecule has 1 amide bonds. The summed E-state index contributed by atoms with van der Waals surface area (Å²) >= 11 is 0. The fraction of sp³-hybridized carbons (Fsp3) is 0.588. The first-order valence-electron chi connectivity index (χ1n) is 8.37. The van der Waals surface area contributed by atoms with Gasteiger partial charge in [-0.25, -0.2) is 13.6 Å². The molecule has 3 rings (SSSR count). The van der Waals surface area contributed by atoms with Gasteiger partial charge >= 0.3 is 6.09 Å². The molecule has 1 aromatic rings. The van der Waals surface area contributed by atoms with Crippen LogP contribution < -0.4 is 0 Å². The van der Waals surface area contributed by atoms with Gasteiger partial charge in [-0.2, -0.15) is 0 Å². The number of rotatable bonds is 5. The molecule has 1 aromatic carbocycles. The minimum absolute atomic E-state index is 0.0821. The van der Waals surface area contributed by atoms with Gasteiger partial charge in [-0.1, -0.05) is 6.07 Å². The van der Waals surface area contributed by atoms with Crippen LogP contribution in [0.4, 0.5) is 13.6 Å². The molecule has 132 valence electrons. The van der Waals surface area contributed by atoms with Gasteiger partial charge in [0.1, 0.15) is 18.2 Å². The van der Waals surface area contributed by atoms with Crippen LogP contribution in [0, 0.1) is 11.6 Å². The second-order valence-corrected chi connectivity index (χ2v) is 6.32. The summed E-state index contributed by atoms with van der Waals surface area (Å²) in [5.74, 6) is -1.04. The lowest BCUT2D eigenvalue weighted by Gasteiger charge is -2.38. The topological polar surface area (TPSA) is 36.0 Å². The highest BCUT2D eigenvalue weighted by Gasteiger charge is 2.26. The Balaban J connectivity index is 1.48. The third kappa shape index (κ3) is 3.84. The molecular formula is C17H23F2N3O2. The molecule has 2 aliphatic heterocycles. The standard InChI is InChI=1S/C17H23F2N3O2/c1-13(15-3-2-14(18)12-16(15)19)21-7-4-20(5-8-21)6-9-22-10-11-24-17(22)23/h2-3,12-13H,4-11H2,1H3/t13-/m0/s1. The van der Waals surface area contributed by atoms with E-state index in [1.807, 2.05) is 6.92 Å². The molecule has 0 aromatic heterocycles. The highest BCUT2D eigenvalue weighted by Crippen LogP contribution is 2.24.